The van der Waals surface area contributed by atoms with Gasteiger partial charge in [0.2, 0.25) is 5.91 Å². The molecule has 0 aromatic heterocycles. The number of aryl methyl sites for hydroxylation is 2. The lowest BCUT2D eigenvalue weighted by molar-refractivity contribution is -0.117. The number of amides is 1. The predicted molar refractivity (Wildman–Crippen MR) is 120 cm³/mol. The van der Waals surface area contributed by atoms with Crippen LogP contribution in [0.3, 0.4) is 0 Å². The van der Waals surface area contributed by atoms with E-state index >= 15 is 0 Å². The number of rotatable bonds is 5. The minimum atomic E-state index is 0.0370. The summed E-state index contributed by atoms with van der Waals surface area (Å²) in [5.74, 6) is 0.0370. The van der Waals surface area contributed by atoms with Gasteiger partial charge in [-0.05, 0) is 48.8 Å². The molecule has 0 radical (unpaired) electrons. The van der Waals surface area contributed by atoms with E-state index in [-0.39, 0.29) is 5.91 Å². The first-order chi connectivity index (χ1) is 13.6. The van der Waals surface area contributed by atoms with Crippen LogP contribution in [0.2, 0.25) is 0 Å². The normalized spacial score (nSPS) is 14.6. The van der Waals surface area contributed by atoms with E-state index in [4.69, 9.17) is 12.2 Å². The van der Waals surface area contributed by atoms with Crippen molar-refractivity contribution in [2.24, 2.45) is 0 Å². The molecule has 2 aromatic rings. The fourth-order valence-corrected chi connectivity index (χ4v) is 3.65. The Kier molecular flexibility index (Phi) is 7.01. The van der Waals surface area contributed by atoms with Crippen molar-refractivity contribution in [2.75, 3.05) is 43.4 Å². The van der Waals surface area contributed by atoms with Crippen LogP contribution in [0.4, 0.5) is 11.4 Å². The van der Waals surface area contributed by atoms with Crippen molar-refractivity contribution in [2.45, 2.75) is 20.3 Å². The molecule has 0 bridgehead atoms. The summed E-state index contributed by atoms with van der Waals surface area (Å²) in [5, 5.41) is 7.14. The van der Waals surface area contributed by atoms with Crippen LogP contribution >= 0.6 is 12.2 Å². The highest BCUT2D eigenvalue weighted by molar-refractivity contribution is 7.80. The maximum Gasteiger partial charge on any atom is 0.238 e. The van der Waals surface area contributed by atoms with Crippen molar-refractivity contribution >= 4 is 34.6 Å². The van der Waals surface area contributed by atoms with Crippen molar-refractivity contribution in [3.63, 3.8) is 0 Å². The zero-order valence-corrected chi connectivity index (χ0v) is 17.4. The minimum Gasteiger partial charge on any atom is -0.346 e. The van der Waals surface area contributed by atoms with Crippen molar-refractivity contribution in [1.82, 2.24) is 9.80 Å². The van der Waals surface area contributed by atoms with E-state index in [1.54, 1.807) is 0 Å². The van der Waals surface area contributed by atoms with Crippen LogP contribution < -0.4 is 10.6 Å². The molecule has 148 valence electrons. The molecule has 5 nitrogen and oxygen atoms in total. The molecule has 6 heteroatoms. The molecule has 0 aliphatic carbocycles. The first kappa shape index (κ1) is 20.3. The molecule has 0 atom stereocenters. The lowest BCUT2D eigenvalue weighted by atomic mass is 10.1. The van der Waals surface area contributed by atoms with E-state index in [1.807, 2.05) is 36.4 Å². The van der Waals surface area contributed by atoms with Gasteiger partial charge in [-0.2, -0.15) is 0 Å². The average molecular weight is 397 g/mol. The fourth-order valence-electron chi connectivity index (χ4n) is 3.36. The standard InChI is InChI=1S/C22H28N4OS/c1-3-18-9-5-7-11-20(18)23-21(27)16-25-12-14-26(15-13-25)22(28)24-19-10-6-4-8-17(19)2/h4-11H,3,12-16H2,1-2H3,(H,23,27)(H,24,28). The summed E-state index contributed by atoms with van der Waals surface area (Å²) in [6.07, 6.45) is 0.903. The number of piperazine rings is 1. The molecule has 1 aliphatic heterocycles. The van der Waals surface area contributed by atoms with Gasteiger partial charge in [0.25, 0.3) is 0 Å². The quantitative estimate of drug-likeness (QED) is 0.758. The van der Waals surface area contributed by atoms with Gasteiger partial charge in [0.1, 0.15) is 0 Å². The second-order valence-electron chi connectivity index (χ2n) is 7.07. The van der Waals surface area contributed by atoms with E-state index in [1.165, 1.54) is 5.56 Å². The lowest BCUT2D eigenvalue weighted by Crippen LogP contribution is -2.51. The zero-order valence-electron chi connectivity index (χ0n) is 16.6. The second-order valence-corrected chi connectivity index (χ2v) is 7.45. The Bertz CT molecular complexity index is 831. The molecular weight excluding hydrogens is 368 g/mol. The van der Waals surface area contributed by atoms with Crippen LogP contribution in [0, 0.1) is 6.92 Å². The number of anilines is 2. The van der Waals surface area contributed by atoms with Gasteiger partial charge >= 0.3 is 0 Å². The van der Waals surface area contributed by atoms with Gasteiger partial charge in [-0.1, -0.05) is 43.3 Å². The Morgan fingerprint density at radius 3 is 2.29 bits per heavy atom. The van der Waals surface area contributed by atoms with Crippen molar-refractivity contribution in [3.05, 3.63) is 59.7 Å². The summed E-state index contributed by atoms with van der Waals surface area (Å²) in [6, 6.07) is 16.1. The molecule has 1 heterocycles. The average Bonchev–Trinajstić information content (AvgIpc) is 2.70. The summed E-state index contributed by atoms with van der Waals surface area (Å²) >= 11 is 5.57. The van der Waals surface area contributed by atoms with Crippen molar-refractivity contribution in [3.8, 4) is 0 Å². The van der Waals surface area contributed by atoms with E-state index in [9.17, 15) is 4.79 Å². The summed E-state index contributed by atoms with van der Waals surface area (Å²) in [4.78, 5) is 16.8. The molecule has 1 aliphatic rings. The summed E-state index contributed by atoms with van der Waals surface area (Å²) in [7, 11) is 0. The molecule has 1 amide bonds. The van der Waals surface area contributed by atoms with E-state index in [2.05, 4.69) is 46.4 Å². The van der Waals surface area contributed by atoms with Gasteiger partial charge in [0, 0.05) is 37.6 Å². The van der Waals surface area contributed by atoms with Crippen molar-refractivity contribution < 1.29 is 4.79 Å². The van der Waals surface area contributed by atoms with Crippen LogP contribution in [-0.4, -0.2) is 53.5 Å². The second kappa shape index (κ2) is 9.66. The lowest BCUT2D eigenvalue weighted by Gasteiger charge is -2.36. The number of para-hydroxylation sites is 2. The summed E-state index contributed by atoms with van der Waals surface area (Å²) in [6.45, 7) is 7.84. The van der Waals surface area contributed by atoms with E-state index in [0.29, 0.717) is 6.54 Å². The van der Waals surface area contributed by atoms with Gasteiger partial charge in [-0.15, -0.1) is 0 Å². The number of thiocarbonyl (C=S) groups is 1. The van der Waals surface area contributed by atoms with Gasteiger partial charge in [-0.25, -0.2) is 0 Å². The molecule has 2 N–H and O–H groups in total. The fraction of sp³-hybridized carbons (Fsp3) is 0.364. The van der Waals surface area contributed by atoms with Crippen molar-refractivity contribution in [1.29, 1.82) is 0 Å². The highest BCUT2D eigenvalue weighted by atomic mass is 32.1. The molecule has 0 saturated carbocycles. The number of carbonyl (C=O) groups is 1. The van der Waals surface area contributed by atoms with Crippen LogP contribution in [0.15, 0.2) is 48.5 Å². The number of hydrogen-bond donors (Lipinski definition) is 2. The summed E-state index contributed by atoms with van der Waals surface area (Å²) in [5.41, 5.74) is 4.29. The third-order valence-electron chi connectivity index (χ3n) is 5.09. The maximum absolute atomic E-state index is 12.4. The zero-order chi connectivity index (χ0) is 19.9. The monoisotopic (exact) mass is 396 g/mol. The SMILES string of the molecule is CCc1ccccc1NC(=O)CN1CCN(C(=S)Nc2ccccc2C)CC1. The molecule has 2 aromatic carbocycles. The van der Waals surface area contributed by atoms with Gasteiger partial charge < -0.3 is 15.5 Å². The van der Waals surface area contributed by atoms with Crippen LogP contribution in [-0.2, 0) is 11.2 Å². The Labute approximate surface area is 172 Å². The number of nitrogens with zero attached hydrogens (tertiary/aromatic N) is 2. The third kappa shape index (κ3) is 5.30. The highest BCUT2D eigenvalue weighted by Crippen LogP contribution is 2.16. The van der Waals surface area contributed by atoms with Crippen LogP contribution in [0.5, 0.6) is 0 Å². The number of benzene rings is 2. The van der Waals surface area contributed by atoms with Gasteiger partial charge in [-0.3, -0.25) is 9.69 Å². The highest BCUT2D eigenvalue weighted by Gasteiger charge is 2.21. The Balaban J connectivity index is 1.46. The van der Waals surface area contributed by atoms with E-state index < -0.39 is 0 Å². The molecule has 0 spiro atoms. The molecule has 1 fully saturated rings. The molecule has 0 unspecified atom stereocenters. The van der Waals surface area contributed by atoms with Gasteiger partial charge in [0.15, 0.2) is 5.11 Å². The first-order valence-corrected chi connectivity index (χ1v) is 10.2. The predicted octanol–water partition coefficient (Wildman–Crippen LogP) is 3.51. The Morgan fingerprint density at radius 2 is 1.61 bits per heavy atom. The number of nitrogens with one attached hydrogen (secondary N) is 2. The molecule has 3 rings (SSSR count). The number of carbonyl (C=O) groups excluding carboxylic acids is 1. The first-order valence-electron chi connectivity index (χ1n) is 9.78. The summed E-state index contributed by atoms with van der Waals surface area (Å²) < 4.78 is 0. The number of hydrogen-bond acceptors (Lipinski definition) is 3. The minimum absolute atomic E-state index is 0.0370. The smallest absolute Gasteiger partial charge is 0.238 e. The van der Waals surface area contributed by atoms with Crippen LogP contribution in [0.25, 0.3) is 0 Å². The molecule has 28 heavy (non-hydrogen) atoms. The largest absolute Gasteiger partial charge is 0.346 e. The van der Waals surface area contributed by atoms with E-state index in [0.717, 1.165) is 54.7 Å². The third-order valence-corrected chi connectivity index (χ3v) is 5.45. The Hall–Kier alpha value is -2.44. The van der Waals surface area contributed by atoms with Gasteiger partial charge in [0.05, 0.1) is 6.54 Å². The molecule has 1 saturated heterocycles. The van der Waals surface area contributed by atoms with Crippen LogP contribution in [0.1, 0.15) is 18.1 Å². The maximum atomic E-state index is 12.4. The Morgan fingerprint density at radius 1 is 0.964 bits per heavy atom. The molecular formula is C22H28N4OS. The topological polar surface area (TPSA) is 47.6 Å².